The molecule has 0 bridgehead atoms. The Kier molecular flexibility index (Phi) is 1.71. The quantitative estimate of drug-likeness (QED) is 0.627. The predicted molar refractivity (Wildman–Crippen MR) is 45.6 cm³/mol. The minimum absolute atomic E-state index is 0.0663. The summed E-state index contributed by atoms with van der Waals surface area (Å²) < 4.78 is 5.32. The zero-order valence-corrected chi connectivity index (χ0v) is 7.43. The Morgan fingerprint density at radius 3 is 2.83 bits per heavy atom. The minimum atomic E-state index is -0.0663. The van der Waals surface area contributed by atoms with Crippen molar-refractivity contribution in [2.24, 2.45) is 5.41 Å². The van der Waals surface area contributed by atoms with Gasteiger partial charge in [-0.15, -0.1) is 0 Å². The van der Waals surface area contributed by atoms with E-state index in [9.17, 15) is 4.79 Å². The molecule has 0 radical (unpaired) electrons. The summed E-state index contributed by atoms with van der Waals surface area (Å²) in [7, 11) is 0. The van der Waals surface area contributed by atoms with Gasteiger partial charge in [-0.3, -0.25) is 4.79 Å². The summed E-state index contributed by atoms with van der Waals surface area (Å²) in [6, 6.07) is 0. The monoisotopic (exact) mass is 166 g/mol. The lowest BCUT2D eigenvalue weighted by atomic mass is 10.0. The third kappa shape index (κ3) is 1.26. The first kappa shape index (κ1) is 7.84. The van der Waals surface area contributed by atoms with Gasteiger partial charge in [0.25, 0.3) is 0 Å². The molecule has 2 aliphatic rings. The van der Waals surface area contributed by atoms with Crippen LogP contribution in [0.1, 0.15) is 32.6 Å². The summed E-state index contributed by atoms with van der Waals surface area (Å²) in [4.78, 5) is 11.7. The molecule has 1 aliphatic carbocycles. The maximum atomic E-state index is 11.7. The normalized spacial score (nSPS) is 25.6. The Morgan fingerprint density at radius 2 is 2.33 bits per heavy atom. The number of carbonyl (C=O) groups excluding carboxylic acids is 1. The molecule has 1 aliphatic heterocycles. The second-order valence-corrected chi connectivity index (χ2v) is 3.95. The lowest BCUT2D eigenvalue weighted by Gasteiger charge is -2.16. The molecule has 1 fully saturated rings. The van der Waals surface area contributed by atoms with Gasteiger partial charge < -0.3 is 4.74 Å². The smallest absolute Gasteiger partial charge is 0.202 e. The predicted octanol–water partition coefficient (Wildman–Crippen LogP) is 2.05. The van der Waals surface area contributed by atoms with E-state index in [4.69, 9.17) is 4.74 Å². The Hall–Kier alpha value is -0.790. The van der Waals surface area contributed by atoms with Crippen LogP contribution in [0.15, 0.2) is 11.8 Å². The maximum absolute atomic E-state index is 11.7. The van der Waals surface area contributed by atoms with Gasteiger partial charge in [0.05, 0.1) is 6.61 Å². The summed E-state index contributed by atoms with van der Waals surface area (Å²) >= 11 is 0. The van der Waals surface area contributed by atoms with E-state index in [1.165, 1.54) is 0 Å². The summed E-state index contributed by atoms with van der Waals surface area (Å²) in [6.45, 7) is 2.74. The van der Waals surface area contributed by atoms with E-state index >= 15 is 0 Å². The van der Waals surface area contributed by atoms with E-state index in [2.05, 4.69) is 0 Å². The number of hydrogen-bond acceptors (Lipinski definition) is 2. The first-order valence-corrected chi connectivity index (χ1v) is 4.60. The van der Waals surface area contributed by atoms with Gasteiger partial charge in [0.15, 0.2) is 5.76 Å². The van der Waals surface area contributed by atoms with Gasteiger partial charge in [0, 0.05) is 5.41 Å². The van der Waals surface area contributed by atoms with E-state index in [1.807, 2.05) is 13.0 Å². The summed E-state index contributed by atoms with van der Waals surface area (Å²) in [6.07, 6.45) is 6.05. The first-order valence-electron chi connectivity index (χ1n) is 4.60. The molecule has 0 aromatic rings. The molecule has 2 nitrogen and oxygen atoms in total. The van der Waals surface area contributed by atoms with Crippen molar-refractivity contribution < 1.29 is 9.53 Å². The lowest BCUT2D eigenvalue weighted by molar-refractivity contribution is -0.123. The van der Waals surface area contributed by atoms with Crippen molar-refractivity contribution in [3.05, 3.63) is 11.8 Å². The molecule has 12 heavy (non-hydrogen) atoms. The highest BCUT2D eigenvalue weighted by Crippen LogP contribution is 2.47. The van der Waals surface area contributed by atoms with Crippen LogP contribution in [0.4, 0.5) is 0 Å². The van der Waals surface area contributed by atoms with E-state index < -0.39 is 0 Å². The highest BCUT2D eigenvalue weighted by molar-refractivity contribution is 5.99. The molecule has 2 rings (SSSR count). The molecule has 1 heterocycles. The number of carbonyl (C=O) groups is 1. The van der Waals surface area contributed by atoms with Crippen molar-refractivity contribution in [2.45, 2.75) is 32.6 Å². The fraction of sp³-hybridized carbons (Fsp3) is 0.700. The molecule has 0 unspecified atom stereocenters. The topological polar surface area (TPSA) is 26.3 Å². The van der Waals surface area contributed by atoms with Gasteiger partial charge in [0.2, 0.25) is 5.78 Å². The van der Waals surface area contributed by atoms with Gasteiger partial charge in [-0.25, -0.2) is 0 Å². The molecular weight excluding hydrogens is 152 g/mol. The Balaban J connectivity index is 2.08. The van der Waals surface area contributed by atoms with Crippen LogP contribution < -0.4 is 0 Å². The molecule has 0 saturated heterocycles. The number of rotatable bonds is 2. The van der Waals surface area contributed by atoms with Crippen LogP contribution in [0.5, 0.6) is 0 Å². The van der Waals surface area contributed by atoms with Crippen LogP contribution in [0.25, 0.3) is 0 Å². The van der Waals surface area contributed by atoms with Crippen molar-refractivity contribution in [3.8, 4) is 0 Å². The largest absolute Gasteiger partial charge is 0.490 e. The SMILES string of the molecule is CC1(C(=O)C2=CCCCO2)CC1. The van der Waals surface area contributed by atoms with Crippen molar-refractivity contribution in [1.29, 1.82) is 0 Å². The van der Waals surface area contributed by atoms with Crippen LogP contribution >= 0.6 is 0 Å². The Morgan fingerprint density at radius 1 is 1.58 bits per heavy atom. The molecule has 66 valence electrons. The van der Waals surface area contributed by atoms with Crippen LogP contribution in [-0.2, 0) is 9.53 Å². The molecule has 0 aromatic heterocycles. The van der Waals surface area contributed by atoms with E-state index in [1.54, 1.807) is 0 Å². The van der Waals surface area contributed by atoms with Gasteiger partial charge in [-0.1, -0.05) is 6.92 Å². The number of ether oxygens (including phenoxy) is 1. The third-order valence-electron chi connectivity index (χ3n) is 2.71. The maximum Gasteiger partial charge on any atom is 0.202 e. The standard InChI is InChI=1S/C10H14O2/c1-10(5-6-10)9(11)8-4-2-3-7-12-8/h4H,2-3,5-7H2,1H3. The van der Waals surface area contributed by atoms with Crippen molar-refractivity contribution in [2.75, 3.05) is 6.61 Å². The number of ketones is 1. The fourth-order valence-electron chi connectivity index (χ4n) is 1.43. The van der Waals surface area contributed by atoms with Gasteiger partial charge in [-0.05, 0) is 31.8 Å². The van der Waals surface area contributed by atoms with Crippen molar-refractivity contribution in [1.82, 2.24) is 0 Å². The third-order valence-corrected chi connectivity index (χ3v) is 2.71. The number of allylic oxidation sites excluding steroid dienone is 2. The molecular formula is C10H14O2. The van der Waals surface area contributed by atoms with Crippen LogP contribution in [0.2, 0.25) is 0 Å². The Bertz CT molecular complexity index is 236. The van der Waals surface area contributed by atoms with E-state index in [-0.39, 0.29) is 11.2 Å². The highest BCUT2D eigenvalue weighted by atomic mass is 16.5. The summed E-state index contributed by atoms with van der Waals surface area (Å²) in [5.41, 5.74) is -0.0663. The van der Waals surface area contributed by atoms with E-state index in [0.717, 1.165) is 25.7 Å². The average molecular weight is 166 g/mol. The first-order chi connectivity index (χ1) is 5.72. The second-order valence-electron chi connectivity index (χ2n) is 3.95. The van der Waals surface area contributed by atoms with Crippen molar-refractivity contribution in [3.63, 3.8) is 0 Å². The van der Waals surface area contributed by atoms with Gasteiger partial charge >= 0.3 is 0 Å². The molecule has 0 amide bonds. The summed E-state index contributed by atoms with van der Waals surface area (Å²) in [5, 5.41) is 0. The molecule has 1 saturated carbocycles. The van der Waals surface area contributed by atoms with Gasteiger partial charge in [0.1, 0.15) is 0 Å². The van der Waals surface area contributed by atoms with Crippen molar-refractivity contribution >= 4 is 5.78 Å². The Labute approximate surface area is 72.6 Å². The lowest BCUT2D eigenvalue weighted by Crippen LogP contribution is -2.18. The molecule has 0 atom stereocenters. The molecule has 0 N–H and O–H groups in total. The second kappa shape index (κ2) is 2.61. The van der Waals surface area contributed by atoms with Crippen LogP contribution in [-0.4, -0.2) is 12.4 Å². The van der Waals surface area contributed by atoms with Crippen LogP contribution in [0.3, 0.4) is 0 Å². The molecule has 2 heteroatoms. The van der Waals surface area contributed by atoms with Crippen LogP contribution in [0, 0.1) is 5.41 Å². The average Bonchev–Trinajstić information content (AvgIpc) is 2.85. The molecule has 0 aromatic carbocycles. The summed E-state index contributed by atoms with van der Waals surface area (Å²) in [5.74, 6) is 0.850. The number of Topliss-reactive ketones (excluding diaryl/α,β-unsaturated/α-hetero) is 1. The molecule has 0 spiro atoms. The van der Waals surface area contributed by atoms with E-state index in [0.29, 0.717) is 12.4 Å². The fourth-order valence-corrected chi connectivity index (χ4v) is 1.43. The highest BCUT2D eigenvalue weighted by Gasteiger charge is 2.46. The zero-order chi connectivity index (χ0) is 8.60. The van der Waals surface area contributed by atoms with Gasteiger partial charge in [-0.2, -0.15) is 0 Å². The number of hydrogen-bond donors (Lipinski definition) is 0. The minimum Gasteiger partial charge on any atom is -0.490 e. The zero-order valence-electron chi connectivity index (χ0n) is 7.43.